The summed E-state index contributed by atoms with van der Waals surface area (Å²) in [5, 5.41) is 23.9. The van der Waals surface area contributed by atoms with E-state index in [1.54, 1.807) is 0 Å². The quantitative estimate of drug-likeness (QED) is 0.367. The summed E-state index contributed by atoms with van der Waals surface area (Å²) in [5.74, 6) is 0. The number of nitrogens with one attached hydrogen (secondary N) is 4. The fourth-order valence-electron chi connectivity index (χ4n) is 1.85. The molecule has 0 atom stereocenters. The smallest absolute Gasteiger partial charge is 0.106 e. The second-order valence-electron chi connectivity index (χ2n) is 4.05. The van der Waals surface area contributed by atoms with Gasteiger partial charge in [0.15, 0.2) is 0 Å². The highest BCUT2D eigenvalue weighted by atomic mass is 15.5. The molecule has 0 aliphatic heterocycles. The van der Waals surface area contributed by atoms with Crippen LogP contribution in [0.15, 0.2) is 48.5 Å². The highest BCUT2D eigenvalue weighted by molar-refractivity contribution is 5.94. The van der Waals surface area contributed by atoms with Crippen LogP contribution in [0.2, 0.25) is 0 Å². The van der Waals surface area contributed by atoms with Crippen molar-refractivity contribution in [2.75, 3.05) is 10.4 Å². The van der Waals surface area contributed by atoms with E-state index in [4.69, 9.17) is 16.2 Å². The third-order valence-electron chi connectivity index (χ3n) is 2.84. The topological polar surface area (TPSA) is 86.8 Å². The number of para-hydroxylation sites is 2. The minimum absolute atomic E-state index is 0.704. The van der Waals surface area contributed by atoms with E-state index in [0.717, 1.165) is 17.6 Å². The van der Waals surface area contributed by atoms with Crippen LogP contribution in [0.3, 0.4) is 0 Å². The summed E-state index contributed by atoms with van der Waals surface area (Å²) >= 11 is 0. The van der Waals surface area contributed by atoms with Gasteiger partial charge in [0.05, 0.1) is 11.4 Å². The minimum Gasteiger partial charge on any atom is -0.308 e. The summed E-state index contributed by atoms with van der Waals surface area (Å²) in [7, 11) is 0. The van der Waals surface area contributed by atoms with Gasteiger partial charge in [-0.1, -0.05) is 36.4 Å². The largest absolute Gasteiger partial charge is 0.308 e. The van der Waals surface area contributed by atoms with Crippen LogP contribution in [0.1, 0.15) is 11.1 Å². The molecular formula is C15H15N5. The Morgan fingerprint density at radius 3 is 2.05 bits per heavy atom. The predicted molar refractivity (Wildman–Crippen MR) is 83.5 cm³/mol. The summed E-state index contributed by atoms with van der Waals surface area (Å²) in [5.41, 5.74) is 5.94. The zero-order valence-electron chi connectivity index (χ0n) is 10.8. The average Bonchev–Trinajstić information content (AvgIpc) is 2.53. The van der Waals surface area contributed by atoms with Crippen LogP contribution in [0.5, 0.6) is 0 Å². The van der Waals surface area contributed by atoms with Crippen molar-refractivity contribution in [1.82, 2.24) is 0 Å². The van der Waals surface area contributed by atoms with E-state index in [1.807, 2.05) is 48.5 Å². The molecule has 0 aliphatic carbocycles. The normalized spacial score (nSPS) is 9.60. The van der Waals surface area contributed by atoms with Gasteiger partial charge in [-0.2, -0.15) is 0 Å². The first-order valence-electron chi connectivity index (χ1n) is 6.05. The monoisotopic (exact) mass is 265 g/mol. The van der Waals surface area contributed by atoms with Crippen LogP contribution in [0.25, 0.3) is 0 Å². The number of hydrogen-bond acceptors (Lipinski definition) is 4. The molecule has 0 fully saturated rings. The molecule has 0 radical (unpaired) electrons. The molecule has 100 valence electrons. The van der Waals surface area contributed by atoms with E-state index in [2.05, 4.69) is 5.43 Å². The fraction of sp³-hybridized carbons (Fsp3) is 0. The van der Waals surface area contributed by atoms with Gasteiger partial charge in [0.25, 0.3) is 0 Å². The average molecular weight is 265 g/mol. The summed E-state index contributed by atoms with van der Waals surface area (Å²) < 4.78 is 0. The van der Waals surface area contributed by atoms with Crippen LogP contribution in [0, 0.1) is 16.2 Å². The van der Waals surface area contributed by atoms with Gasteiger partial charge >= 0.3 is 0 Å². The molecule has 0 bridgehead atoms. The molecule has 20 heavy (non-hydrogen) atoms. The number of nitrogens with zero attached hydrogens (tertiary/aromatic N) is 1. The summed E-state index contributed by atoms with van der Waals surface area (Å²) in [6.07, 6.45) is 3.64. The van der Waals surface area contributed by atoms with E-state index in [-0.39, 0.29) is 0 Å². The van der Waals surface area contributed by atoms with Crippen molar-refractivity contribution in [2.24, 2.45) is 0 Å². The van der Waals surface area contributed by atoms with Crippen molar-refractivity contribution in [3.05, 3.63) is 59.7 Å². The van der Waals surface area contributed by atoms with E-state index in [1.165, 1.54) is 17.4 Å². The third kappa shape index (κ3) is 2.72. The Hall–Kier alpha value is -2.95. The lowest BCUT2D eigenvalue weighted by molar-refractivity contribution is 1.21. The van der Waals surface area contributed by atoms with Gasteiger partial charge in [-0.25, -0.2) is 5.01 Å². The van der Waals surface area contributed by atoms with Gasteiger partial charge in [0.2, 0.25) is 0 Å². The van der Waals surface area contributed by atoms with Gasteiger partial charge < -0.3 is 10.8 Å². The lowest BCUT2D eigenvalue weighted by Crippen LogP contribution is -2.29. The highest BCUT2D eigenvalue weighted by Crippen LogP contribution is 2.20. The molecule has 0 saturated carbocycles. The second-order valence-corrected chi connectivity index (χ2v) is 4.05. The lowest BCUT2D eigenvalue weighted by atomic mass is 10.2. The highest BCUT2D eigenvalue weighted by Gasteiger charge is 2.09. The first kappa shape index (κ1) is 13.5. The molecule has 0 aliphatic rings. The van der Waals surface area contributed by atoms with E-state index in [9.17, 15) is 0 Å². The maximum Gasteiger partial charge on any atom is 0.106 e. The molecule has 2 aromatic rings. The summed E-state index contributed by atoms with van der Waals surface area (Å²) in [6, 6.07) is 14.7. The molecule has 0 saturated heterocycles. The molecule has 2 rings (SSSR count). The van der Waals surface area contributed by atoms with E-state index >= 15 is 0 Å². The van der Waals surface area contributed by atoms with Gasteiger partial charge in [-0.15, -0.1) is 0 Å². The van der Waals surface area contributed by atoms with Crippen LogP contribution >= 0.6 is 0 Å². The molecular weight excluding hydrogens is 250 g/mol. The Morgan fingerprint density at radius 2 is 1.40 bits per heavy atom. The zero-order valence-corrected chi connectivity index (χ0v) is 10.8. The second kappa shape index (κ2) is 6.29. The van der Waals surface area contributed by atoms with E-state index < -0.39 is 0 Å². The molecule has 0 unspecified atom stereocenters. The van der Waals surface area contributed by atoms with Gasteiger partial charge in [-0.05, 0) is 12.1 Å². The molecule has 0 heterocycles. The number of hydrogen-bond donors (Lipinski definition) is 4. The summed E-state index contributed by atoms with van der Waals surface area (Å²) in [6.45, 7) is 0. The Kier molecular flexibility index (Phi) is 4.24. The van der Waals surface area contributed by atoms with Crippen molar-refractivity contribution in [2.45, 2.75) is 0 Å². The van der Waals surface area contributed by atoms with Crippen LogP contribution in [-0.2, 0) is 0 Å². The molecule has 5 heteroatoms. The number of anilines is 2. The number of benzene rings is 2. The summed E-state index contributed by atoms with van der Waals surface area (Å²) in [4.78, 5) is 0. The van der Waals surface area contributed by atoms with Crippen molar-refractivity contribution < 1.29 is 0 Å². The van der Waals surface area contributed by atoms with Crippen molar-refractivity contribution in [3.8, 4) is 0 Å². The Labute approximate surface area is 117 Å². The van der Waals surface area contributed by atoms with Gasteiger partial charge in [-0.3, -0.25) is 10.8 Å². The molecule has 0 aromatic heterocycles. The van der Waals surface area contributed by atoms with Crippen LogP contribution in [0.4, 0.5) is 11.4 Å². The Morgan fingerprint density at radius 1 is 0.800 bits per heavy atom. The van der Waals surface area contributed by atoms with Crippen molar-refractivity contribution in [3.63, 3.8) is 0 Å². The van der Waals surface area contributed by atoms with Crippen LogP contribution < -0.4 is 10.4 Å². The maximum atomic E-state index is 7.55. The van der Waals surface area contributed by atoms with Gasteiger partial charge in [0.1, 0.15) is 6.34 Å². The lowest BCUT2D eigenvalue weighted by Gasteiger charge is -2.23. The van der Waals surface area contributed by atoms with Crippen molar-refractivity contribution >= 4 is 30.1 Å². The number of rotatable bonds is 6. The van der Waals surface area contributed by atoms with Crippen molar-refractivity contribution in [1.29, 1.82) is 16.2 Å². The number of hydrazine groups is 1. The Balaban J connectivity index is 2.36. The fourth-order valence-corrected chi connectivity index (χ4v) is 1.85. The molecule has 5 nitrogen and oxygen atoms in total. The zero-order chi connectivity index (χ0) is 14.4. The Bertz CT molecular complexity index is 636. The molecule has 0 amide bonds. The molecule has 4 N–H and O–H groups in total. The third-order valence-corrected chi connectivity index (χ3v) is 2.84. The van der Waals surface area contributed by atoms with Crippen LogP contribution in [-0.4, -0.2) is 18.8 Å². The standard InChI is InChI=1S/C15H15N5/c16-9-12-5-1-3-7-14(12)19-20(11-18)15-8-4-2-6-13(15)10-17/h1-11,16-19H. The first-order chi connectivity index (χ1) is 9.80. The molecule has 2 aromatic carbocycles. The molecule has 0 spiro atoms. The van der Waals surface area contributed by atoms with E-state index in [0.29, 0.717) is 11.3 Å². The minimum atomic E-state index is 0.704. The maximum absolute atomic E-state index is 7.55. The predicted octanol–water partition coefficient (Wildman–Crippen LogP) is 3.12. The SMILES string of the molecule is N=Cc1ccccc1NN(C=N)c1ccccc1C=N. The first-order valence-corrected chi connectivity index (χ1v) is 6.05. The van der Waals surface area contributed by atoms with Gasteiger partial charge in [0, 0.05) is 23.6 Å².